The molecule has 0 heterocycles. The maximum atomic E-state index is 12.2. The van der Waals surface area contributed by atoms with E-state index in [9.17, 15) is 4.79 Å². The molecule has 0 aliphatic carbocycles. The lowest BCUT2D eigenvalue weighted by molar-refractivity contribution is 0.0730. The summed E-state index contributed by atoms with van der Waals surface area (Å²) in [6.45, 7) is 3.88. The summed E-state index contributed by atoms with van der Waals surface area (Å²) in [5.41, 5.74) is 0.567. The van der Waals surface area contributed by atoms with Gasteiger partial charge >= 0.3 is 0 Å². The van der Waals surface area contributed by atoms with Gasteiger partial charge in [0.2, 0.25) is 0 Å². The number of amides is 1. The lowest BCUT2D eigenvalue weighted by Gasteiger charge is -2.24. The first-order valence-electron chi connectivity index (χ1n) is 5.10. The van der Waals surface area contributed by atoms with Gasteiger partial charge in [-0.3, -0.25) is 4.79 Å². The minimum absolute atomic E-state index is 0.00213. The van der Waals surface area contributed by atoms with Gasteiger partial charge in [0.05, 0.1) is 11.6 Å². The molecule has 5 heteroatoms. The SMILES string of the molecule is CC(C)N(CC#N)C(=O)c1ccc(Br)cc1Br. The Morgan fingerprint density at radius 1 is 1.47 bits per heavy atom. The van der Waals surface area contributed by atoms with Gasteiger partial charge in [-0.25, -0.2) is 0 Å². The predicted molar refractivity (Wildman–Crippen MR) is 73.6 cm³/mol. The molecular weight excluding hydrogens is 348 g/mol. The number of carbonyl (C=O) groups excluding carboxylic acids is 1. The maximum Gasteiger partial charge on any atom is 0.256 e. The zero-order valence-corrected chi connectivity index (χ0v) is 12.7. The second kappa shape index (κ2) is 6.18. The van der Waals surface area contributed by atoms with E-state index in [0.717, 1.165) is 8.95 Å². The Hall–Kier alpha value is -0.860. The predicted octanol–water partition coefficient (Wildman–Crippen LogP) is 3.59. The fraction of sp³-hybridized carbons (Fsp3) is 0.333. The van der Waals surface area contributed by atoms with E-state index in [1.165, 1.54) is 4.90 Å². The monoisotopic (exact) mass is 358 g/mol. The van der Waals surface area contributed by atoms with E-state index in [0.29, 0.717) is 5.56 Å². The van der Waals surface area contributed by atoms with Crippen LogP contribution in [0.5, 0.6) is 0 Å². The van der Waals surface area contributed by atoms with Crippen LogP contribution >= 0.6 is 31.9 Å². The molecule has 0 saturated carbocycles. The van der Waals surface area contributed by atoms with Gasteiger partial charge in [-0.15, -0.1) is 0 Å². The molecule has 17 heavy (non-hydrogen) atoms. The van der Waals surface area contributed by atoms with Crippen molar-refractivity contribution in [2.45, 2.75) is 19.9 Å². The Morgan fingerprint density at radius 3 is 2.59 bits per heavy atom. The molecule has 0 aliphatic heterocycles. The average Bonchev–Trinajstić information content (AvgIpc) is 2.24. The van der Waals surface area contributed by atoms with Crippen LogP contribution in [0.15, 0.2) is 27.1 Å². The molecule has 0 unspecified atom stereocenters. The topological polar surface area (TPSA) is 44.1 Å². The molecule has 0 N–H and O–H groups in total. The number of nitriles is 1. The molecule has 0 spiro atoms. The van der Waals surface area contributed by atoms with E-state index < -0.39 is 0 Å². The van der Waals surface area contributed by atoms with Crippen molar-refractivity contribution in [1.29, 1.82) is 5.26 Å². The first-order chi connectivity index (χ1) is 7.97. The Bertz CT molecular complexity index is 466. The Morgan fingerprint density at radius 2 is 2.12 bits per heavy atom. The van der Waals surface area contributed by atoms with Crippen molar-refractivity contribution in [1.82, 2.24) is 4.90 Å². The highest BCUT2D eigenvalue weighted by atomic mass is 79.9. The lowest BCUT2D eigenvalue weighted by Crippen LogP contribution is -2.37. The third-order valence-corrected chi connectivity index (χ3v) is 3.44. The molecule has 0 aliphatic rings. The molecule has 0 bridgehead atoms. The van der Waals surface area contributed by atoms with Crippen molar-refractivity contribution >= 4 is 37.8 Å². The van der Waals surface area contributed by atoms with Crippen LogP contribution in [-0.4, -0.2) is 23.4 Å². The number of hydrogen-bond acceptors (Lipinski definition) is 2. The lowest BCUT2D eigenvalue weighted by atomic mass is 10.1. The summed E-state index contributed by atoms with van der Waals surface area (Å²) in [5, 5.41) is 8.73. The molecule has 3 nitrogen and oxygen atoms in total. The van der Waals surface area contributed by atoms with Crippen LogP contribution in [0.25, 0.3) is 0 Å². The fourth-order valence-corrected chi connectivity index (χ4v) is 2.60. The van der Waals surface area contributed by atoms with Crippen LogP contribution in [-0.2, 0) is 0 Å². The zero-order valence-electron chi connectivity index (χ0n) is 9.58. The number of halogens is 2. The third-order valence-electron chi connectivity index (χ3n) is 2.29. The third kappa shape index (κ3) is 3.55. The minimum atomic E-state index is -0.138. The molecule has 0 fully saturated rings. The first-order valence-corrected chi connectivity index (χ1v) is 6.69. The van der Waals surface area contributed by atoms with E-state index in [-0.39, 0.29) is 18.5 Å². The molecule has 90 valence electrons. The van der Waals surface area contributed by atoms with Crippen LogP contribution in [0.1, 0.15) is 24.2 Å². The number of nitrogens with zero attached hydrogens (tertiary/aromatic N) is 2. The van der Waals surface area contributed by atoms with E-state index in [4.69, 9.17) is 5.26 Å². The molecule has 1 aromatic carbocycles. The van der Waals surface area contributed by atoms with E-state index in [1.807, 2.05) is 32.0 Å². The Labute approximate surface area is 118 Å². The number of rotatable bonds is 3. The van der Waals surface area contributed by atoms with Gasteiger partial charge in [0.25, 0.3) is 5.91 Å². The molecule has 1 aromatic rings. The second-order valence-electron chi connectivity index (χ2n) is 3.81. The Balaban J connectivity index is 3.06. The summed E-state index contributed by atoms with van der Waals surface area (Å²) in [5.74, 6) is -0.138. The Kier molecular flexibility index (Phi) is 5.16. The van der Waals surface area contributed by atoms with Crippen LogP contribution in [0.2, 0.25) is 0 Å². The van der Waals surface area contributed by atoms with E-state index in [1.54, 1.807) is 6.07 Å². The van der Waals surface area contributed by atoms with Gasteiger partial charge in [-0.1, -0.05) is 15.9 Å². The van der Waals surface area contributed by atoms with Crippen molar-refractivity contribution in [2.24, 2.45) is 0 Å². The number of carbonyl (C=O) groups is 1. The summed E-state index contributed by atoms with van der Waals surface area (Å²) in [4.78, 5) is 13.8. The minimum Gasteiger partial charge on any atom is -0.323 e. The number of benzene rings is 1. The maximum absolute atomic E-state index is 12.2. The highest BCUT2D eigenvalue weighted by molar-refractivity contribution is 9.11. The summed E-state index contributed by atoms with van der Waals surface area (Å²) in [6.07, 6.45) is 0. The van der Waals surface area contributed by atoms with E-state index >= 15 is 0 Å². The molecular formula is C12H12Br2N2O. The van der Waals surface area contributed by atoms with Gasteiger partial charge in [0.15, 0.2) is 0 Å². The summed E-state index contributed by atoms with van der Waals surface area (Å²) < 4.78 is 1.62. The van der Waals surface area contributed by atoms with Gasteiger partial charge < -0.3 is 4.90 Å². The molecule has 0 radical (unpaired) electrons. The van der Waals surface area contributed by atoms with E-state index in [2.05, 4.69) is 31.9 Å². The molecule has 1 amide bonds. The number of hydrogen-bond donors (Lipinski definition) is 0. The highest BCUT2D eigenvalue weighted by Gasteiger charge is 2.20. The second-order valence-corrected chi connectivity index (χ2v) is 5.58. The van der Waals surface area contributed by atoms with Crippen molar-refractivity contribution in [2.75, 3.05) is 6.54 Å². The van der Waals surface area contributed by atoms with Crippen LogP contribution in [0.4, 0.5) is 0 Å². The van der Waals surface area contributed by atoms with Crippen LogP contribution in [0.3, 0.4) is 0 Å². The first kappa shape index (κ1) is 14.2. The smallest absolute Gasteiger partial charge is 0.256 e. The quantitative estimate of drug-likeness (QED) is 0.774. The van der Waals surface area contributed by atoms with Gasteiger partial charge in [-0.2, -0.15) is 5.26 Å². The van der Waals surface area contributed by atoms with Gasteiger partial charge in [0.1, 0.15) is 6.54 Å². The molecule has 0 atom stereocenters. The average molecular weight is 360 g/mol. The summed E-state index contributed by atoms with van der Waals surface area (Å²) in [6, 6.07) is 7.37. The standard InChI is InChI=1S/C12H12Br2N2O/c1-8(2)16(6-5-15)12(17)10-4-3-9(13)7-11(10)14/h3-4,7-8H,6H2,1-2H3. The van der Waals surface area contributed by atoms with Crippen molar-refractivity contribution in [3.63, 3.8) is 0 Å². The molecule has 1 rings (SSSR count). The van der Waals surface area contributed by atoms with Crippen molar-refractivity contribution < 1.29 is 4.79 Å². The van der Waals surface area contributed by atoms with Crippen LogP contribution in [0, 0.1) is 11.3 Å². The molecule has 0 aromatic heterocycles. The van der Waals surface area contributed by atoms with Crippen molar-refractivity contribution in [3.05, 3.63) is 32.7 Å². The normalized spacial score (nSPS) is 10.1. The fourth-order valence-electron chi connectivity index (χ4n) is 1.38. The van der Waals surface area contributed by atoms with Gasteiger partial charge in [-0.05, 0) is 48.0 Å². The van der Waals surface area contributed by atoms with Crippen molar-refractivity contribution in [3.8, 4) is 6.07 Å². The zero-order chi connectivity index (χ0) is 13.0. The van der Waals surface area contributed by atoms with Crippen LogP contribution < -0.4 is 0 Å². The largest absolute Gasteiger partial charge is 0.323 e. The summed E-state index contributed by atoms with van der Waals surface area (Å²) in [7, 11) is 0. The molecule has 0 saturated heterocycles. The van der Waals surface area contributed by atoms with Gasteiger partial charge in [0, 0.05) is 15.0 Å². The summed E-state index contributed by atoms with van der Waals surface area (Å²) >= 11 is 6.69. The highest BCUT2D eigenvalue weighted by Crippen LogP contribution is 2.23.